The Kier molecular flexibility index (Phi) is 4.30. The van der Waals surface area contributed by atoms with Crippen LogP contribution in [0.1, 0.15) is 25.3 Å². The van der Waals surface area contributed by atoms with Crippen LogP contribution in [0.25, 0.3) is 32.9 Å². The summed E-state index contributed by atoms with van der Waals surface area (Å²) in [6.07, 6.45) is 8.96. The highest BCUT2D eigenvalue weighted by Gasteiger charge is 2.46. The average molecular weight is 469 g/mol. The maximum Gasteiger partial charge on any atom is 0.227 e. The monoisotopic (exact) mass is 469 g/mol. The molecule has 0 amide bonds. The second-order valence-corrected chi connectivity index (χ2v) is 9.48. The van der Waals surface area contributed by atoms with Gasteiger partial charge in [0.1, 0.15) is 40.7 Å². The number of halogens is 2. The summed E-state index contributed by atoms with van der Waals surface area (Å²) >= 11 is 0. The van der Waals surface area contributed by atoms with Gasteiger partial charge in [0.05, 0.1) is 11.6 Å². The van der Waals surface area contributed by atoms with Crippen LogP contribution in [0.3, 0.4) is 0 Å². The second-order valence-electron chi connectivity index (χ2n) is 9.48. The van der Waals surface area contributed by atoms with Gasteiger partial charge in [-0.15, -0.1) is 6.42 Å². The van der Waals surface area contributed by atoms with Gasteiger partial charge in [0.2, 0.25) is 5.88 Å². The Morgan fingerprint density at radius 2 is 2.03 bits per heavy atom. The van der Waals surface area contributed by atoms with Crippen molar-refractivity contribution in [3.63, 3.8) is 0 Å². The Morgan fingerprint density at radius 1 is 1.14 bits per heavy atom. The maximum atomic E-state index is 16.2. The van der Waals surface area contributed by atoms with Crippen molar-refractivity contribution in [2.24, 2.45) is 0 Å². The molecule has 4 atom stereocenters. The molecule has 0 saturated carbocycles. The number of aromatic nitrogens is 3. The van der Waals surface area contributed by atoms with Crippen LogP contribution in [0.5, 0.6) is 5.88 Å². The molecule has 35 heavy (non-hydrogen) atoms. The number of hydrogen-bond acceptors (Lipinski definition) is 6. The van der Waals surface area contributed by atoms with E-state index in [0.29, 0.717) is 33.6 Å². The van der Waals surface area contributed by atoms with Crippen LogP contribution in [-0.4, -0.2) is 45.7 Å². The quantitative estimate of drug-likeness (QED) is 0.422. The van der Waals surface area contributed by atoms with Crippen LogP contribution in [-0.2, 0) is 0 Å². The molecular formula is C27H21F2N5O. The van der Waals surface area contributed by atoms with Gasteiger partial charge in [-0.3, -0.25) is 0 Å². The van der Waals surface area contributed by atoms with Crippen molar-refractivity contribution < 1.29 is 13.5 Å². The summed E-state index contributed by atoms with van der Waals surface area (Å²) in [5.74, 6) is 2.19. The number of anilines is 1. The summed E-state index contributed by atoms with van der Waals surface area (Å²) in [5, 5.41) is 5.27. The zero-order valence-electron chi connectivity index (χ0n) is 18.9. The fourth-order valence-corrected chi connectivity index (χ4v) is 6.13. The normalized spacial score (nSPS) is 24.7. The zero-order valence-corrected chi connectivity index (χ0v) is 18.9. The number of nitrogens with one attached hydrogen (secondary N) is 1. The van der Waals surface area contributed by atoms with E-state index in [1.54, 1.807) is 18.2 Å². The van der Waals surface area contributed by atoms with Gasteiger partial charge in [-0.2, -0.15) is 0 Å². The first-order valence-electron chi connectivity index (χ1n) is 11.8. The van der Waals surface area contributed by atoms with Crippen LogP contribution in [0.2, 0.25) is 0 Å². The van der Waals surface area contributed by atoms with E-state index in [1.165, 1.54) is 12.4 Å². The van der Waals surface area contributed by atoms with Crippen molar-refractivity contribution in [1.29, 1.82) is 0 Å². The molecule has 0 unspecified atom stereocenters. The maximum absolute atomic E-state index is 16.2. The topological polar surface area (TPSA) is 63.2 Å². The van der Waals surface area contributed by atoms with E-state index in [4.69, 9.17) is 11.2 Å². The zero-order chi connectivity index (χ0) is 23.8. The van der Waals surface area contributed by atoms with Crippen LogP contribution in [0.15, 0.2) is 36.7 Å². The number of nitrogens with zero attached hydrogens (tertiary/aromatic N) is 4. The molecule has 2 bridgehead atoms. The predicted molar refractivity (Wildman–Crippen MR) is 129 cm³/mol. The number of terminal acetylenes is 1. The molecule has 2 aromatic carbocycles. The number of benzene rings is 2. The van der Waals surface area contributed by atoms with Crippen molar-refractivity contribution in [1.82, 2.24) is 20.3 Å². The van der Waals surface area contributed by atoms with E-state index in [1.807, 2.05) is 13.0 Å². The Morgan fingerprint density at radius 3 is 2.89 bits per heavy atom. The van der Waals surface area contributed by atoms with E-state index in [-0.39, 0.29) is 40.8 Å². The fourth-order valence-electron chi connectivity index (χ4n) is 6.13. The van der Waals surface area contributed by atoms with Crippen molar-refractivity contribution >= 4 is 27.5 Å². The third-order valence-electron chi connectivity index (χ3n) is 7.58. The minimum atomic E-state index is -0.611. The number of rotatable bonds is 1. The molecular weight excluding hydrogens is 448 g/mol. The van der Waals surface area contributed by atoms with Crippen molar-refractivity contribution in [3.8, 4) is 29.5 Å². The molecule has 2 aromatic heterocycles. The highest BCUT2D eigenvalue weighted by Crippen LogP contribution is 2.44. The molecule has 2 saturated heterocycles. The first-order valence-corrected chi connectivity index (χ1v) is 11.8. The molecule has 0 spiro atoms. The summed E-state index contributed by atoms with van der Waals surface area (Å²) < 4.78 is 37.2. The number of fused-ring (bicyclic) bond motifs is 6. The lowest BCUT2D eigenvalue weighted by Gasteiger charge is -2.42. The van der Waals surface area contributed by atoms with Gasteiger partial charge < -0.3 is 15.0 Å². The van der Waals surface area contributed by atoms with E-state index in [0.717, 1.165) is 19.4 Å². The fraction of sp³-hybridized carbons (Fsp3) is 0.296. The molecule has 1 N–H and O–H groups in total. The summed E-state index contributed by atoms with van der Waals surface area (Å²) in [5.41, 5.74) is 0.618. The van der Waals surface area contributed by atoms with Crippen LogP contribution >= 0.6 is 0 Å². The standard InChI is InChI=1S/C27H21F2N5O/c1-3-16-18(28)9-7-14-5-4-6-17(20(14)16)23-22(29)24-21-26(31-12-30-24)34-11-15-8-10-19(32-15)25(34)13(2)35-27(21)33-23/h1,4-7,9,12-13,15,19,25,32H,8,10-11H2,2H3/t13-,15+,19-,25+/m0/s1. The van der Waals surface area contributed by atoms with Gasteiger partial charge in [0.25, 0.3) is 0 Å². The third kappa shape index (κ3) is 2.82. The summed E-state index contributed by atoms with van der Waals surface area (Å²) in [6, 6.07) is 8.88. The Labute approximate surface area is 200 Å². The summed E-state index contributed by atoms with van der Waals surface area (Å²) in [4.78, 5) is 15.8. The van der Waals surface area contributed by atoms with Crippen molar-refractivity contribution in [3.05, 3.63) is 53.9 Å². The molecule has 174 valence electrons. The summed E-state index contributed by atoms with van der Waals surface area (Å²) in [6.45, 7) is 2.77. The van der Waals surface area contributed by atoms with E-state index < -0.39 is 11.6 Å². The molecule has 3 aliphatic heterocycles. The molecule has 7 rings (SSSR count). The van der Waals surface area contributed by atoms with Crippen molar-refractivity contribution in [2.45, 2.75) is 44.0 Å². The second kappa shape index (κ2) is 7.33. The first kappa shape index (κ1) is 20.5. The average Bonchev–Trinajstić information content (AvgIpc) is 3.19. The number of pyridine rings is 1. The highest BCUT2D eigenvalue weighted by atomic mass is 19.1. The third-order valence-corrected chi connectivity index (χ3v) is 7.58. The predicted octanol–water partition coefficient (Wildman–Crippen LogP) is 4.19. The molecule has 6 nitrogen and oxygen atoms in total. The largest absolute Gasteiger partial charge is 0.472 e. The number of piperazine rings is 1. The first-order chi connectivity index (χ1) is 17.0. The lowest BCUT2D eigenvalue weighted by molar-refractivity contribution is 0.155. The lowest BCUT2D eigenvalue weighted by atomic mass is 9.96. The van der Waals surface area contributed by atoms with Gasteiger partial charge in [-0.25, -0.2) is 23.7 Å². The molecule has 0 radical (unpaired) electrons. The Hall–Kier alpha value is -3.83. The minimum absolute atomic E-state index is 0.0246. The molecule has 8 heteroatoms. The SMILES string of the molecule is C#Cc1c(F)ccc2cccc(-c3nc4c5c(ncnc5c3F)N3C[C@H]5CC[C@H](N5)[C@H]3[C@H](C)O4)c12. The van der Waals surface area contributed by atoms with Crippen LogP contribution in [0.4, 0.5) is 14.6 Å². The van der Waals surface area contributed by atoms with Crippen LogP contribution < -0.4 is 15.0 Å². The molecule has 2 fully saturated rings. The van der Waals surface area contributed by atoms with Gasteiger partial charge >= 0.3 is 0 Å². The number of ether oxygens (including phenoxy) is 1. The highest BCUT2D eigenvalue weighted by molar-refractivity contribution is 6.03. The van der Waals surface area contributed by atoms with E-state index >= 15 is 4.39 Å². The van der Waals surface area contributed by atoms with Crippen LogP contribution in [0, 0.1) is 24.0 Å². The van der Waals surface area contributed by atoms with Gasteiger partial charge in [0.15, 0.2) is 5.82 Å². The van der Waals surface area contributed by atoms with Gasteiger partial charge in [-0.1, -0.05) is 30.2 Å². The smallest absolute Gasteiger partial charge is 0.227 e. The van der Waals surface area contributed by atoms with Gasteiger partial charge in [-0.05, 0) is 31.2 Å². The molecule has 3 aliphatic rings. The molecule has 0 aliphatic carbocycles. The van der Waals surface area contributed by atoms with E-state index in [2.05, 4.69) is 31.1 Å². The van der Waals surface area contributed by atoms with Crippen molar-refractivity contribution in [2.75, 3.05) is 11.4 Å². The summed E-state index contributed by atoms with van der Waals surface area (Å²) in [7, 11) is 0. The Balaban J connectivity index is 1.52. The Bertz CT molecular complexity index is 1580. The lowest BCUT2D eigenvalue weighted by Crippen LogP contribution is -2.62. The molecule has 4 aromatic rings. The van der Waals surface area contributed by atoms with E-state index in [9.17, 15) is 4.39 Å². The minimum Gasteiger partial charge on any atom is -0.472 e. The number of hydrogen-bond donors (Lipinski definition) is 1. The van der Waals surface area contributed by atoms with Gasteiger partial charge in [0, 0.05) is 29.6 Å². The molecule has 5 heterocycles.